The Bertz CT molecular complexity index is 619. The van der Waals surface area contributed by atoms with E-state index in [2.05, 4.69) is 0 Å². The van der Waals surface area contributed by atoms with E-state index in [0.717, 1.165) is 22.4 Å². The fourth-order valence-corrected chi connectivity index (χ4v) is 3.14. The van der Waals surface area contributed by atoms with Crippen LogP contribution in [0.25, 0.3) is 0 Å². The van der Waals surface area contributed by atoms with Gasteiger partial charge >= 0.3 is 0 Å². The van der Waals surface area contributed by atoms with E-state index in [9.17, 15) is 8.78 Å². The molecule has 1 atom stereocenters. The van der Waals surface area contributed by atoms with Gasteiger partial charge in [0.1, 0.15) is 5.75 Å². The minimum atomic E-state index is -2.61. The second kappa shape index (κ2) is 5.47. The van der Waals surface area contributed by atoms with Crippen LogP contribution in [0.2, 0.25) is 0 Å². The first-order valence-corrected chi connectivity index (χ1v) is 7.16. The van der Waals surface area contributed by atoms with Gasteiger partial charge in [-0.1, -0.05) is 36.4 Å². The molecule has 0 bridgehead atoms. The standard InChI is InChI=1S/C18H18F2O/c1-21-16-8-6-13(7-9-16)10-15-12-18(19,20)11-14-4-2-3-5-17(14)15/h2-9,15H,10-12H2,1H3. The summed E-state index contributed by atoms with van der Waals surface area (Å²) in [6.07, 6.45) is 0.426. The maximum absolute atomic E-state index is 13.9. The molecular formula is C18H18F2O. The molecule has 110 valence electrons. The topological polar surface area (TPSA) is 9.23 Å². The fraction of sp³-hybridized carbons (Fsp3) is 0.333. The first kappa shape index (κ1) is 14.1. The van der Waals surface area contributed by atoms with E-state index in [1.54, 1.807) is 7.11 Å². The number of ether oxygens (including phenoxy) is 1. The van der Waals surface area contributed by atoms with Crippen LogP contribution in [0.4, 0.5) is 8.78 Å². The molecule has 0 heterocycles. The summed E-state index contributed by atoms with van der Waals surface area (Å²) in [5.41, 5.74) is 2.92. The van der Waals surface area contributed by atoms with E-state index in [0.29, 0.717) is 6.42 Å². The molecule has 21 heavy (non-hydrogen) atoms. The van der Waals surface area contributed by atoms with Gasteiger partial charge in [0.05, 0.1) is 7.11 Å². The molecule has 2 aromatic rings. The molecule has 0 radical (unpaired) electrons. The smallest absolute Gasteiger partial charge is 0.252 e. The Hall–Kier alpha value is -1.90. The van der Waals surface area contributed by atoms with Crippen molar-refractivity contribution in [3.63, 3.8) is 0 Å². The fourth-order valence-electron chi connectivity index (χ4n) is 3.14. The molecule has 1 nitrogen and oxygen atoms in total. The lowest BCUT2D eigenvalue weighted by atomic mass is 9.78. The maximum atomic E-state index is 13.9. The zero-order valence-corrected chi connectivity index (χ0v) is 12.0. The molecule has 0 amide bonds. The first-order valence-electron chi connectivity index (χ1n) is 7.16. The predicted octanol–water partition coefficient (Wildman–Crippen LogP) is 4.60. The van der Waals surface area contributed by atoms with Crippen molar-refractivity contribution < 1.29 is 13.5 Å². The SMILES string of the molecule is COc1ccc(CC2CC(F)(F)Cc3ccccc32)cc1. The Morgan fingerprint density at radius 3 is 2.52 bits per heavy atom. The summed E-state index contributed by atoms with van der Waals surface area (Å²) in [5.74, 6) is -1.95. The Morgan fingerprint density at radius 2 is 1.81 bits per heavy atom. The van der Waals surface area contributed by atoms with Crippen LogP contribution in [0.5, 0.6) is 5.75 Å². The Kier molecular flexibility index (Phi) is 3.66. The van der Waals surface area contributed by atoms with Crippen LogP contribution in [-0.4, -0.2) is 13.0 Å². The van der Waals surface area contributed by atoms with E-state index in [-0.39, 0.29) is 18.8 Å². The number of benzene rings is 2. The highest BCUT2D eigenvalue weighted by Gasteiger charge is 2.39. The lowest BCUT2D eigenvalue weighted by molar-refractivity contribution is -0.0205. The predicted molar refractivity (Wildman–Crippen MR) is 79.1 cm³/mol. The summed E-state index contributed by atoms with van der Waals surface area (Å²) < 4.78 is 33.0. The van der Waals surface area contributed by atoms with Gasteiger partial charge in [-0.25, -0.2) is 8.78 Å². The third-order valence-electron chi connectivity index (χ3n) is 4.13. The van der Waals surface area contributed by atoms with Crippen LogP contribution in [0.1, 0.15) is 29.0 Å². The molecule has 1 unspecified atom stereocenters. The van der Waals surface area contributed by atoms with Gasteiger partial charge in [-0.3, -0.25) is 0 Å². The van der Waals surface area contributed by atoms with Crippen molar-refractivity contribution in [2.75, 3.05) is 7.11 Å². The number of halogens is 2. The van der Waals surface area contributed by atoms with E-state index in [1.165, 1.54) is 0 Å². The Balaban J connectivity index is 1.87. The minimum Gasteiger partial charge on any atom is -0.497 e. The molecule has 3 rings (SSSR count). The molecule has 3 heteroatoms. The lowest BCUT2D eigenvalue weighted by Gasteiger charge is -2.31. The van der Waals surface area contributed by atoms with Crippen molar-refractivity contribution in [2.45, 2.75) is 31.1 Å². The number of fused-ring (bicyclic) bond motifs is 1. The highest BCUT2D eigenvalue weighted by atomic mass is 19.3. The van der Waals surface area contributed by atoms with Crippen LogP contribution < -0.4 is 4.74 Å². The number of hydrogen-bond donors (Lipinski definition) is 0. The minimum absolute atomic E-state index is 0.0734. The van der Waals surface area contributed by atoms with Crippen LogP contribution in [-0.2, 0) is 12.8 Å². The molecule has 0 spiro atoms. The summed E-state index contributed by atoms with van der Waals surface area (Å²) in [6, 6.07) is 15.2. The highest BCUT2D eigenvalue weighted by molar-refractivity contribution is 5.36. The Labute approximate surface area is 123 Å². The average Bonchev–Trinajstić information content (AvgIpc) is 2.47. The molecule has 0 aliphatic heterocycles. The van der Waals surface area contributed by atoms with Crippen molar-refractivity contribution in [2.24, 2.45) is 0 Å². The molecule has 0 N–H and O–H groups in total. The average molecular weight is 288 g/mol. The van der Waals surface area contributed by atoms with Crippen molar-refractivity contribution >= 4 is 0 Å². The van der Waals surface area contributed by atoms with Gasteiger partial charge in [0.25, 0.3) is 5.92 Å². The van der Waals surface area contributed by atoms with E-state index in [4.69, 9.17) is 4.74 Å². The van der Waals surface area contributed by atoms with Gasteiger partial charge in [0.15, 0.2) is 0 Å². The Morgan fingerprint density at radius 1 is 1.10 bits per heavy atom. The van der Waals surface area contributed by atoms with Crippen molar-refractivity contribution in [1.29, 1.82) is 0 Å². The molecule has 2 aromatic carbocycles. The zero-order valence-electron chi connectivity index (χ0n) is 12.0. The van der Waals surface area contributed by atoms with Gasteiger partial charge in [0, 0.05) is 12.8 Å². The normalized spacial score (nSPS) is 19.9. The molecule has 0 saturated heterocycles. The lowest BCUT2D eigenvalue weighted by Crippen LogP contribution is -2.29. The van der Waals surface area contributed by atoms with Crippen LogP contribution in [0.15, 0.2) is 48.5 Å². The maximum Gasteiger partial charge on any atom is 0.252 e. The quantitative estimate of drug-likeness (QED) is 0.802. The summed E-state index contributed by atoms with van der Waals surface area (Å²) in [7, 11) is 1.62. The third kappa shape index (κ3) is 3.07. The summed E-state index contributed by atoms with van der Waals surface area (Å²) in [6.45, 7) is 0. The van der Waals surface area contributed by atoms with Gasteiger partial charge in [-0.2, -0.15) is 0 Å². The molecule has 0 aromatic heterocycles. The number of hydrogen-bond acceptors (Lipinski definition) is 1. The van der Waals surface area contributed by atoms with Crippen molar-refractivity contribution in [3.05, 3.63) is 65.2 Å². The van der Waals surface area contributed by atoms with Crippen LogP contribution in [0, 0.1) is 0 Å². The van der Waals surface area contributed by atoms with Crippen LogP contribution in [0.3, 0.4) is 0 Å². The molecule has 1 aliphatic rings. The summed E-state index contributed by atoms with van der Waals surface area (Å²) >= 11 is 0. The highest BCUT2D eigenvalue weighted by Crippen LogP contribution is 2.41. The first-order chi connectivity index (χ1) is 10.1. The number of alkyl halides is 2. The van der Waals surface area contributed by atoms with Crippen molar-refractivity contribution in [1.82, 2.24) is 0 Å². The third-order valence-corrected chi connectivity index (χ3v) is 4.13. The summed E-state index contributed by atoms with van der Waals surface area (Å²) in [5, 5.41) is 0. The van der Waals surface area contributed by atoms with E-state index >= 15 is 0 Å². The monoisotopic (exact) mass is 288 g/mol. The molecule has 0 fully saturated rings. The largest absolute Gasteiger partial charge is 0.497 e. The molecular weight excluding hydrogens is 270 g/mol. The number of methoxy groups -OCH3 is 1. The second-order valence-corrected chi connectivity index (χ2v) is 5.68. The van der Waals surface area contributed by atoms with Gasteiger partial charge < -0.3 is 4.74 Å². The molecule has 0 saturated carbocycles. The molecule has 1 aliphatic carbocycles. The van der Waals surface area contributed by atoms with E-state index in [1.807, 2.05) is 48.5 Å². The van der Waals surface area contributed by atoms with E-state index < -0.39 is 5.92 Å². The van der Waals surface area contributed by atoms with Gasteiger partial charge in [0.2, 0.25) is 0 Å². The second-order valence-electron chi connectivity index (χ2n) is 5.68. The van der Waals surface area contributed by atoms with Crippen LogP contribution >= 0.6 is 0 Å². The van der Waals surface area contributed by atoms with Gasteiger partial charge in [-0.15, -0.1) is 0 Å². The number of rotatable bonds is 3. The zero-order chi connectivity index (χ0) is 14.9. The van der Waals surface area contributed by atoms with Gasteiger partial charge in [-0.05, 0) is 41.2 Å². The summed E-state index contributed by atoms with van der Waals surface area (Å²) in [4.78, 5) is 0. The van der Waals surface area contributed by atoms with Crippen molar-refractivity contribution in [3.8, 4) is 5.75 Å².